The fourth-order valence-electron chi connectivity index (χ4n) is 0.785. The molecule has 0 saturated heterocycles. The first-order chi connectivity index (χ1) is 7.55. The van der Waals surface area contributed by atoms with Gasteiger partial charge in [0.1, 0.15) is 6.04 Å². The molecule has 0 rings (SSSR count). The second kappa shape index (κ2) is 5.46. The lowest BCUT2D eigenvalue weighted by Gasteiger charge is -2.16. The second-order valence-electron chi connectivity index (χ2n) is 2.97. The Hall–Kier alpha value is -1.87. The van der Waals surface area contributed by atoms with Crippen molar-refractivity contribution in [2.24, 2.45) is 5.73 Å². The number of alkyl halides is 4. The SMILES string of the molecule is NC(=O)[C@H](F)C[C@H](NC(=O)C(F)(F)F)C(=O)O. The number of hydrogen-bond acceptors (Lipinski definition) is 3. The molecule has 0 aromatic heterocycles. The first-order valence-corrected chi connectivity index (χ1v) is 4.09. The Kier molecular flexibility index (Phi) is 4.86. The molecule has 17 heavy (non-hydrogen) atoms. The highest BCUT2D eigenvalue weighted by Crippen LogP contribution is 2.15. The van der Waals surface area contributed by atoms with Gasteiger partial charge in [0, 0.05) is 6.42 Å². The molecule has 0 aromatic rings. The summed E-state index contributed by atoms with van der Waals surface area (Å²) in [7, 11) is 0. The van der Waals surface area contributed by atoms with Gasteiger partial charge in [0.15, 0.2) is 6.17 Å². The summed E-state index contributed by atoms with van der Waals surface area (Å²) in [6, 6.07) is -2.19. The summed E-state index contributed by atoms with van der Waals surface area (Å²) < 4.78 is 48.0. The van der Waals surface area contributed by atoms with Gasteiger partial charge in [-0.1, -0.05) is 0 Å². The maximum absolute atomic E-state index is 12.7. The van der Waals surface area contributed by atoms with Crippen LogP contribution in [0.5, 0.6) is 0 Å². The number of carbonyl (C=O) groups is 3. The minimum atomic E-state index is -5.30. The number of rotatable bonds is 5. The van der Waals surface area contributed by atoms with E-state index in [1.54, 1.807) is 0 Å². The van der Waals surface area contributed by atoms with Crippen molar-refractivity contribution in [2.45, 2.75) is 24.8 Å². The molecular weight excluding hydrogens is 252 g/mol. The molecule has 2 atom stereocenters. The number of nitrogens with two attached hydrogens (primary N) is 1. The maximum Gasteiger partial charge on any atom is 0.471 e. The summed E-state index contributed by atoms with van der Waals surface area (Å²) in [5, 5.41) is 9.45. The number of aliphatic carboxylic acids is 1. The van der Waals surface area contributed by atoms with Gasteiger partial charge >= 0.3 is 18.1 Å². The van der Waals surface area contributed by atoms with Gasteiger partial charge < -0.3 is 16.2 Å². The minimum Gasteiger partial charge on any atom is -0.480 e. The monoisotopic (exact) mass is 260 g/mol. The van der Waals surface area contributed by atoms with Gasteiger partial charge in [-0.2, -0.15) is 13.2 Å². The smallest absolute Gasteiger partial charge is 0.471 e. The molecule has 6 nitrogen and oxygen atoms in total. The molecular formula is C7H8F4N2O4. The van der Waals surface area contributed by atoms with E-state index in [0.717, 1.165) is 5.32 Å². The van der Waals surface area contributed by atoms with E-state index in [1.165, 1.54) is 0 Å². The van der Waals surface area contributed by atoms with E-state index in [-0.39, 0.29) is 0 Å². The Morgan fingerprint density at radius 1 is 1.29 bits per heavy atom. The number of nitrogens with one attached hydrogen (secondary N) is 1. The van der Waals surface area contributed by atoms with Crippen molar-refractivity contribution >= 4 is 17.8 Å². The zero-order valence-corrected chi connectivity index (χ0v) is 8.12. The van der Waals surface area contributed by atoms with Crippen molar-refractivity contribution in [3.05, 3.63) is 0 Å². The lowest BCUT2D eigenvalue weighted by molar-refractivity contribution is -0.175. The molecule has 0 aliphatic rings. The van der Waals surface area contributed by atoms with Crippen LogP contribution in [0.4, 0.5) is 17.6 Å². The molecule has 0 aliphatic heterocycles. The fraction of sp³-hybridized carbons (Fsp3) is 0.571. The van der Waals surface area contributed by atoms with Crippen LogP contribution in [0, 0.1) is 0 Å². The second-order valence-corrected chi connectivity index (χ2v) is 2.97. The lowest BCUT2D eigenvalue weighted by Crippen LogP contribution is -2.48. The summed E-state index contributed by atoms with van der Waals surface area (Å²) in [6.07, 6.45) is -8.94. The van der Waals surface area contributed by atoms with Crippen LogP contribution in [-0.4, -0.2) is 41.3 Å². The fourth-order valence-corrected chi connectivity index (χ4v) is 0.785. The first kappa shape index (κ1) is 15.1. The topological polar surface area (TPSA) is 109 Å². The van der Waals surface area contributed by atoms with Crippen LogP contribution in [0.25, 0.3) is 0 Å². The van der Waals surface area contributed by atoms with Crippen LogP contribution in [0.3, 0.4) is 0 Å². The van der Waals surface area contributed by atoms with E-state index in [0.29, 0.717) is 0 Å². The molecule has 0 aromatic carbocycles. The summed E-state index contributed by atoms with van der Waals surface area (Å²) in [5.74, 6) is -5.98. The van der Waals surface area contributed by atoms with Gasteiger partial charge in [-0.3, -0.25) is 9.59 Å². The Balaban J connectivity index is 4.62. The normalized spacial score (nSPS) is 14.8. The van der Waals surface area contributed by atoms with Gasteiger partial charge in [-0.15, -0.1) is 0 Å². The molecule has 0 heterocycles. The highest BCUT2D eigenvalue weighted by molar-refractivity contribution is 5.87. The van der Waals surface area contributed by atoms with Gasteiger partial charge in [0.2, 0.25) is 0 Å². The maximum atomic E-state index is 12.7. The molecule has 0 saturated carbocycles. The van der Waals surface area contributed by atoms with E-state index < -0.39 is 42.6 Å². The van der Waals surface area contributed by atoms with Crippen molar-refractivity contribution in [3.63, 3.8) is 0 Å². The van der Waals surface area contributed by atoms with Crippen molar-refractivity contribution in [3.8, 4) is 0 Å². The van der Waals surface area contributed by atoms with E-state index in [9.17, 15) is 31.9 Å². The number of carboxylic acid groups (broad SMARTS) is 1. The standard InChI is InChI=1S/C7H8F4N2O4/c8-2(4(12)14)1-3(5(15)16)13-6(17)7(9,10)11/h2-3H,1H2,(H2,12,14)(H,13,17)(H,15,16)/t2-,3+/m1/s1. The molecule has 0 radical (unpaired) electrons. The van der Waals surface area contributed by atoms with Gasteiger partial charge in [0.25, 0.3) is 5.91 Å². The highest BCUT2D eigenvalue weighted by Gasteiger charge is 2.41. The third kappa shape index (κ3) is 5.13. The summed E-state index contributed by atoms with van der Waals surface area (Å²) in [4.78, 5) is 31.1. The number of amides is 2. The summed E-state index contributed by atoms with van der Waals surface area (Å²) in [5.41, 5.74) is 4.46. The Bertz CT molecular complexity index is 330. The van der Waals surface area contributed by atoms with Crippen molar-refractivity contribution < 1.29 is 37.1 Å². The molecule has 10 heteroatoms. The molecule has 0 spiro atoms. The lowest BCUT2D eigenvalue weighted by atomic mass is 10.1. The van der Waals surface area contributed by atoms with Crippen molar-refractivity contribution in [1.82, 2.24) is 5.32 Å². The molecule has 0 unspecified atom stereocenters. The Labute approximate surface area is 91.8 Å². The van der Waals surface area contributed by atoms with Gasteiger partial charge in [-0.05, 0) is 0 Å². The quantitative estimate of drug-likeness (QED) is 0.569. The number of halogens is 4. The van der Waals surface area contributed by atoms with E-state index in [1.807, 2.05) is 0 Å². The Morgan fingerprint density at radius 3 is 2.06 bits per heavy atom. The van der Waals surface area contributed by atoms with E-state index >= 15 is 0 Å². The summed E-state index contributed by atoms with van der Waals surface area (Å²) in [6.45, 7) is 0. The first-order valence-electron chi connectivity index (χ1n) is 4.09. The van der Waals surface area contributed by atoms with E-state index in [2.05, 4.69) is 5.73 Å². The average molecular weight is 260 g/mol. The van der Waals surface area contributed by atoms with Gasteiger partial charge in [-0.25, -0.2) is 9.18 Å². The zero-order chi connectivity index (χ0) is 13.8. The highest BCUT2D eigenvalue weighted by atomic mass is 19.4. The molecule has 98 valence electrons. The molecule has 2 amide bonds. The van der Waals surface area contributed by atoms with Crippen LogP contribution in [-0.2, 0) is 14.4 Å². The third-order valence-corrected chi connectivity index (χ3v) is 1.61. The van der Waals surface area contributed by atoms with Crippen LogP contribution < -0.4 is 11.1 Å². The molecule has 4 N–H and O–H groups in total. The largest absolute Gasteiger partial charge is 0.480 e. The number of carbonyl (C=O) groups excluding carboxylic acids is 2. The Morgan fingerprint density at radius 2 is 1.76 bits per heavy atom. The van der Waals surface area contributed by atoms with Gasteiger partial charge in [0.05, 0.1) is 0 Å². The summed E-state index contributed by atoms with van der Waals surface area (Å²) >= 11 is 0. The van der Waals surface area contributed by atoms with Crippen molar-refractivity contribution in [1.29, 1.82) is 0 Å². The van der Waals surface area contributed by atoms with Crippen LogP contribution in [0.1, 0.15) is 6.42 Å². The van der Waals surface area contributed by atoms with E-state index in [4.69, 9.17) is 5.11 Å². The van der Waals surface area contributed by atoms with Crippen LogP contribution in [0.2, 0.25) is 0 Å². The van der Waals surface area contributed by atoms with Crippen LogP contribution >= 0.6 is 0 Å². The number of hydrogen-bond donors (Lipinski definition) is 3. The van der Waals surface area contributed by atoms with Crippen molar-refractivity contribution in [2.75, 3.05) is 0 Å². The molecule has 0 aliphatic carbocycles. The third-order valence-electron chi connectivity index (χ3n) is 1.61. The predicted octanol–water partition coefficient (Wildman–Crippen LogP) is -0.668. The number of carboxylic acids is 1. The number of primary amides is 1. The molecule has 0 fully saturated rings. The predicted molar refractivity (Wildman–Crippen MR) is 44.3 cm³/mol. The average Bonchev–Trinajstić information content (AvgIpc) is 2.14. The zero-order valence-electron chi connectivity index (χ0n) is 8.12. The molecule has 0 bridgehead atoms. The minimum absolute atomic E-state index is 1.03. The van der Waals surface area contributed by atoms with Crippen LogP contribution in [0.15, 0.2) is 0 Å².